The topological polar surface area (TPSA) is 76.1 Å². The first kappa shape index (κ1) is 23.6. The van der Waals surface area contributed by atoms with E-state index in [0.29, 0.717) is 31.0 Å². The van der Waals surface area contributed by atoms with Crippen LogP contribution in [0.5, 0.6) is 5.75 Å². The number of anilines is 1. The summed E-state index contributed by atoms with van der Waals surface area (Å²) in [7, 11) is -3.73. The third-order valence-electron chi connectivity index (χ3n) is 5.38. The van der Waals surface area contributed by atoms with Crippen molar-refractivity contribution in [1.29, 1.82) is 0 Å². The van der Waals surface area contributed by atoms with Gasteiger partial charge in [0, 0.05) is 13.2 Å². The fraction of sp³-hybridized carbons (Fsp3) is 0.500. The molecule has 1 aliphatic rings. The van der Waals surface area contributed by atoms with Gasteiger partial charge in [-0.2, -0.15) is 0 Å². The summed E-state index contributed by atoms with van der Waals surface area (Å²) in [5.41, 5.74) is 2.72. The van der Waals surface area contributed by atoms with Crippen LogP contribution in [-0.2, 0) is 14.8 Å². The Morgan fingerprint density at radius 2 is 1.87 bits per heavy atom. The number of rotatable bonds is 8. The van der Waals surface area contributed by atoms with E-state index in [0.717, 1.165) is 17.5 Å². The molecule has 1 heterocycles. The molecule has 1 aliphatic heterocycles. The summed E-state index contributed by atoms with van der Waals surface area (Å²) in [6.07, 6.45) is 0.659. The van der Waals surface area contributed by atoms with Crippen LogP contribution >= 0.6 is 0 Å². The lowest BCUT2D eigenvalue weighted by Gasteiger charge is -2.28. The van der Waals surface area contributed by atoms with Crippen molar-refractivity contribution in [2.24, 2.45) is 5.92 Å². The van der Waals surface area contributed by atoms with Crippen LogP contribution in [0.1, 0.15) is 37.8 Å². The summed E-state index contributed by atoms with van der Waals surface area (Å²) in [5, 5.41) is 9.99. The zero-order valence-electron chi connectivity index (χ0n) is 18.7. The standard InChI is InChI=1S/C24H33NO5S/c1-17(2)15-25(22-12-7-18(3)14-19(22)4)31(27,28)21-10-8-20(9-11-21)30-16-24-23(26)6-5-13-29-24/h7-12,14,17,23-24,26H,5-6,13,15-16H2,1-4H3. The largest absolute Gasteiger partial charge is 0.491 e. The first-order valence-electron chi connectivity index (χ1n) is 10.8. The van der Waals surface area contributed by atoms with Crippen LogP contribution in [0.4, 0.5) is 5.69 Å². The fourth-order valence-electron chi connectivity index (χ4n) is 3.74. The Hall–Kier alpha value is -2.09. The Morgan fingerprint density at radius 3 is 2.48 bits per heavy atom. The van der Waals surface area contributed by atoms with Crippen molar-refractivity contribution < 1.29 is 23.0 Å². The van der Waals surface area contributed by atoms with Crippen molar-refractivity contribution in [3.8, 4) is 5.75 Å². The molecule has 2 aromatic rings. The quantitative estimate of drug-likeness (QED) is 0.660. The summed E-state index contributed by atoms with van der Waals surface area (Å²) >= 11 is 0. The molecule has 0 amide bonds. The Labute approximate surface area is 185 Å². The highest BCUT2D eigenvalue weighted by Gasteiger charge is 2.27. The van der Waals surface area contributed by atoms with Gasteiger partial charge >= 0.3 is 0 Å². The van der Waals surface area contributed by atoms with Crippen LogP contribution in [-0.4, -0.2) is 45.5 Å². The van der Waals surface area contributed by atoms with Gasteiger partial charge in [-0.3, -0.25) is 4.31 Å². The number of aliphatic hydroxyl groups excluding tert-OH is 1. The van der Waals surface area contributed by atoms with Crippen LogP contribution < -0.4 is 9.04 Å². The molecule has 1 N–H and O–H groups in total. The van der Waals surface area contributed by atoms with Crippen molar-refractivity contribution >= 4 is 15.7 Å². The van der Waals surface area contributed by atoms with E-state index in [1.807, 2.05) is 45.9 Å². The van der Waals surface area contributed by atoms with E-state index >= 15 is 0 Å². The van der Waals surface area contributed by atoms with E-state index in [1.54, 1.807) is 24.3 Å². The molecule has 2 atom stereocenters. The number of benzene rings is 2. The number of hydrogen-bond acceptors (Lipinski definition) is 5. The second-order valence-electron chi connectivity index (χ2n) is 8.62. The molecule has 2 unspecified atom stereocenters. The number of ether oxygens (including phenoxy) is 2. The van der Waals surface area contributed by atoms with Gasteiger partial charge in [0.05, 0.1) is 16.7 Å². The van der Waals surface area contributed by atoms with Crippen LogP contribution in [0.15, 0.2) is 47.4 Å². The van der Waals surface area contributed by atoms with E-state index in [9.17, 15) is 13.5 Å². The van der Waals surface area contributed by atoms with Crippen molar-refractivity contribution in [2.75, 3.05) is 24.1 Å². The molecule has 3 rings (SSSR count). The van der Waals surface area contributed by atoms with Gasteiger partial charge in [0.15, 0.2) is 0 Å². The number of aryl methyl sites for hydroxylation is 2. The minimum atomic E-state index is -3.73. The Balaban J connectivity index is 1.79. The molecule has 0 bridgehead atoms. The van der Waals surface area contributed by atoms with Gasteiger partial charge in [-0.1, -0.05) is 31.5 Å². The first-order valence-corrected chi connectivity index (χ1v) is 12.2. The molecule has 31 heavy (non-hydrogen) atoms. The molecule has 1 saturated heterocycles. The predicted octanol–water partition coefficient (Wildman–Crippen LogP) is 4.07. The summed E-state index contributed by atoms with van der Waals surface area (Å²) in [5.74, 6) is 0.710. The first-order chi connectivity index (χ1) is 14.7. The maximum atomic E-state index is 13.5. The molecule has 170 valence electrons. The Kier molecular flexibility index (Phi) is 7.62. The lowest BCUT2D eigenvalue weighted by molar-refractivity contribution is -0.0900. The molecular formula is C24H33NO5S. The fourth-order valence-corrected chi connectivity index (χ4v) is 5.43. The zero-order valence-corrected chi connectivity index (χ0v) is 19.6. The monoisotopic (exact) mass is 447 g/mol. The maximum absolute atomic E-state index is 13.5. The van der Waals surface area contributed by atoms with Crippen LogP contribution in [0.25, 0.3) is 0 Å². The van der Waals surface area contributed by atoms with Gasteiger partial charge in [-0.25, -0.2) is 8.42 Å². The zero-order chi connectivity index (χ0) is 22.6. The third kappa shape index (κ3) is 5.79. The Morgan fingerprint density at radius 1 is 1.16 bits per heavy atom. The van der Waals surface area contributed by atoms with Crippen LogP contribution in [0.2, 0.25) is 0 Å². The van der Waals surface area contributed by atoms with Gasteiger partial charge in [-0.15, -0.1) is 0 Å². The number of sulfonamides is 1. The molecule has 2 aromatic carbocycles. The van der Waals surface area contributed by atoms with E-state index in [4.69, 9.17) is 9.47 Å². The average Bonchev–Trinajstić information content (AvgIpc) is 2.72. The van der Waals surface area contributed by atoms with Crippen LogP contribution in [0, 0.1) is 19.8 Å². The second kappa shape index (κ2) is 10.0. The highest BCUT2D eigenvalue weighted by molar-refractivity contribution is 7.92. The van der Waals surface area contributed by atoms with E-state index < -0.39 is 16.1 Å². The highest BCUT2D eigenvalue weighted by atomic mass is 32.2. The Bertz CT molecular complexity index is 972. The van der Waals surface area contributed by atoms with E-state index in [2.05, 4.69) is 0 Å². The molecule has 0 saturated carbocycles. The van der Waals surface area contributed by atoms with Gasteiger partial charge in [0.2, 0.25) is 0 Å². The van der Waals surface area contributed by atoms with E-state index in [-0.39, 0.29) is 23.5 Å². The molecule has 0 spiro atoms. The van der Waals surface area contributed by atoms with E-state index in [1.165, 1.54) is 4.31 Å². The second-order valence-corrected chi connectivity index (χ2v) is 10.5. The average molecular weight is 448 g/mol. The molecule has 6 nitrogen and oxygen atoms in total. The SMILES string of the molecule is Cc1ccc(N(CC(C)C)S(=O)(=O)c2ccc(OCC3OCCCC3O)cc2)c(C)c1. The maximum Gasteiger partial charge on any atom is 0.264 e. The smallest absolute Gasteiger partial charge is 0.264 e. The number of nitrogens with zero attached hydrogens (tertiary/aromatic N) is 1. The number of aliphatic hydroxyl groups is 1. The third-order valence-corrected chi connectivity index (χ3v) is 7.18. The molecule has 0 radical (unpaired) electrons. The lowest BCUT2D eigenvalue weighted by atomic mass is 10.1. The molecule has 0 aliphatic carbocycles. The minimum absolute atomic E-state index is 0.167. The van der Waals surface area contributed by atoms with Gasteiger partial charge in [-0.05, 0) is 68.5 Å². The summed E-state index contributed by atoms with van der Waals surface area (Å²) < 4.78 is 39.8. The van der Waals surface area contributed by atoms with Gasteiger partial charge in [0.1, 0.15) is 18.5 Å². The van der Waals surface area contributed by atoms with Crippen molar-refractivity contribution in [2.45, 2.75) is 57.6 Å². The minimum Gasteiger partial charge on any atom is -0.491 e. The van der Waals surface area contributed by atoms with Crippen LogP contribution in [0.3, 0.4) is 0 Å². The number of hydrogen-bond donors (Lipinski definition) is 1. The summed E-state index contributed by atoms with van der Waals surface area (Å²) in [4.78, 5) is 0.217. The normalized spacial score (nSPS) is 19.4. The molecular weight excluding hydrogens is 414 g/mol. The summed E-state index contributed by atoms with van der Waals surface area (Å²) in [6.45, 7) is 9.18. The van der Waals surface area contributed by atoms with Crippen molar-refractivity contribution in [1.82, 2.24) is 0 Å². The lowest BCUT2D eigenvalue weighted by Crippen LogP contribution is -2.38. The van der Waals surface area contributed by atoms with Gasteiger partial charge < -0.3 is 14.6 Å². The molecule has 7 heteroatoms. The molecule has 0 aromatic heterocycles. The highest BCUT2D eigenvalue weighted by Crippen LogP contribution is 2.29. The van der Waals surface area contributed by atoms with Gasteiger partial charge in [0.25, 0.3) is 10.0 Å². The predicted molar refractivity (Wildman–Crippen MR) is 122 cm³/mol. The van der Waals surface area contributed by atoms with Crippen molar-refractivity contribution in [3.63, 3.8) is 0 Å². The molecule has 1 fully saturated rings. The van der Waals surface area contributed by atoms with Crippen molar-refractivity contribution in [3.05, 3.63) is 53.6 Å². The summed E-state index contributed by atoms with van der Waals surface area (Å²) in [6, 6.07) is 12.2.